The van der Waals surface area contributed by atoms with Crippen LogP contribution in [0, 0.1) is 5.41 Å². The minimum Gasteiger partial charge on any atom is -0.356 e. The molecule has 5 nitrogen and oxygen atoms in total. The Morgan fingerprint density at radius 3 is 2.29 bits per heavy atom. The van der Waals surface area contributed by atoms with Crippen molar-refractivity contribution in [3.05, 3.63) is 29.8 Å². The van der Waals surface area contributed by atoms with Crippen LogP contribution in [0.3, 0.4) is 0 Å². The van der Waals surface area contributed by atoms with Gasteiger partial charge in [0.15, 0.2) is 5.96 Å². The number of rotatable bonds is 4. The fourth-order valence-corrected chi connectivity index (χ4v) is 2.97. The monoisotopic (exact) mass is 330 g/mol. The van der Waals surface area contributed by atoms with E-state index in [1.807, 2.05) is 31.3 Å². The molecule has 5 heteroatoms. The first-order chi connectivity index (χ1) is 11.2. The summed E-state index contributed by atoms with van der Waals surface area (Å²) in [5.74, 6) is 0.919. The van der Waals surface area contributed by atoms with Crippen LogP contribution < -0.4 is 10.6 Å². The van der Waals surface area contributed by atoms with E-state index in [1.54, 1.807) is 0 Å². The molecule has 0 atom stereocenters. The summed E-state index contributed by atoms with van der Waals surface area (Å²) in [5, 5.41) is 6.25. The van der Waals surface area contributed by atoms with E-state index < -0.39 is 0 Å². The molecule has 0 aromatic heterocycles. The maximum atomic E-state index is 11.0. The van der Waals surface area contributed by atoms with Crippen LogP contribution in [0.5, 0.6) is 0 Å². The number of hydrogen-bond acceptors (Lipinski definition) is 2. The topological polar surface area (TPSA) is 56.7 Å². The summed E-state index contributed by atoms with van der Waals surface area (Å²) < 4.78 is 0. The van der Waals surface area contributed by atoms with Crippen molar-refractivity contribution in [2.75, 3.05) is 25.5 Å². The van der Waals surface area contributed by atoms with Crippen molar-refractivity contribution < 1.29 is 4.79 Å². The summed E-state index contributed by atoms with van der Waals surface area (Å²) >= 11 is 0. The van der Waals surface area contributed by atoms with Crippen molar-refractivity contribution in [2.24, 2.45) is 10.4 Å². The van der Waals surface area contributed by atoms with Gasteiger partial charge >= 0.3 is 0 Å². The number of carbonyl (C=O) groups excluding carboxylic acids is 1. The van der Waals surface area contributed by atoms with Crippen molar-refractivity contribution in [2.45, 2.75) is 46.6 Å². The molecule has 1 amide bonds. The summed E-state index contributed by atoms with van der Waals surface area (Å²) in [4.78, 5) is 17.8. The Morgan fingerprint density at radius 2 is 1.83 bits per heavy atom. The van der Waals surface area contributed by atoms with Gasteiger partial charge in [-0.15, -0.1) is 0 Å². The van der Waals surface area contributed by atoms with Crippen molar-refractivity contribution in [3.63, 3.8) is 0 Å². The van der Waals surface area contributed by atoms with Gasteiger partial charge in [0.25, 0.3) is 0 Å². The van der Waals surface area contributed by atoms with E-state index in [0.717, 1.165) is 31.2 Å². The summed E-state index contributed by atoms with van der Waals surface area (Å²) in [7, 11) is 1.84. The molecule has 0 saturated carbocycles. The third-order valence-corrected chi connectivity index (χ3v) is 5.32. The Hall–Kier alpha value is -2.04. The maximum Gasteiger partial charge on any atom is 0.221 e. The zero-order valence-corrected chi connectivity index (χ0v) is 15.7. The molecule has 1 heterocycles. The van der Waals surface area contributed by atoms with Gasteiger partial charge in [-0.3, -0.25) is 9.79 Å². The quantitative estimate of drug-likeness (QED) is 0.659. The van der Waals surface area contributed by atoms with E-state index in [1.165, 1.54) is 12.5 Å². The molecule has 2 N–H and O–H groups in total. The van der Waals surface area contributed by atoms with E-state index in [-0.39, 0.29) is 11.4 Å². The van der Waals surface area contributed by atoms with Gasteiger partial charge in [-0.05, 0) is 38.0 Å². The Bertz CT molecular complexity index is 617. The zero-order chi connectivity index (χ0) is 18.0. The SMILES string of the molecule is CN=C(NCCc1ccc(NC(C)=O)cc1)N1CC(C)(C)C1(C)C. The summed E-state index contributed by atoms with van der Waals surface area (Å²) in [6.07, 6.45) is 0.914. The summed E-state index contributed by atoms with van der Waals surface area (Å²) in [6, 6.07) is 7.97. The summed E-state index contributed by atoms with van der Waals surface area (Å²) in [5.41, 5.74) is 2.47. The lowest BCUT2D eigenvalue weighted by Crippen LogP contribution is -2.72. The third-order valence-electron chi connectivity index (χ3n) is 5.32. The first-order valence-corrected chi connectivity index (χ1v) is 8.52. The normalized spacial score (nSPS) is 18.8. The average molecular weight is 330 g/mol. The average Bonchev–Trinajstić information content (AvgIpc) is 2.51. The zero-order valence-electron chi connectivity index (χ0n) is 15.7. The number of guanidine groups is 1. The standard InChI is InChI=1S/C19H30N4O/c1-14(24)22-16-9-7-15(8-10-16)11-12-21-17(20-6)23-13-18(2,3)19(23,4)5/h7-10H,11-13H2,1-6H3,(H,20,21)(H,22,24). The highest BCUT2D eigenvalue weighted by Gasteiger charge is 2.53. The molecule has 0 aliphatic carbocycles. The second-order valence-corrected chi connectivity index (χ2v) is 7.63. The molecule has 1 aromatic carbocycles. The van der Waals surface area contributed by atoms with E-state index in [9.17, 15) is 4.79 Å². The van der Waals surface area contributed by atoms with Gasteiger partial charge in [-0.2, -0.15) is 0 Å². The fourth-order valence-electron chi connectivity index (χ4n) is 2.97. The number of nitrogens with zero attached hydrogens (tertiary/aromatic N) is 2. The highest BCUT2D eigenvalue weighted by molar-refractivity contribution is 5.88. The predicted octanol–water partition coefficient (Wildman–Crippen LogP) is 2.88. The Balaban J connectivity index is 1.86. The minimum absolute atomic E-state index is 0.0479. The first kappa shape index (κ1) is 18.3. The van der Waals surface area contributed by atoms with Crippen LogP contribution in [0.25, 0.3) is 0 Å². The largest absolute Gasteiger partial charge is 0.356 e. The van der Waals surface area contributed by atoms with Crippen LogP contribution in [0.1, 0.15) is 40.2 Å². The number of anilines is 1. The third kappa shape index (κ3) is 3.71. The minimum atomic E-state index is -0.0479. The van der Waals surface area contributed by atoms with Crippen molar-refractivity contribution in [1.29, 1.82) is 0 Å². The van der Waals surface area contributed by atoms with Gasteiger partial charge in [-0.1, -0.05) is 26.0 Å². The first-order valence-electron chi connectivity index (χ1n) is 8.52. The number of likely N-dealkylation sites (tertiary alicyclic amines) is 1. The van der Waals surface area contributed by atoms with Crippen molar-refractivity contribution >= 4 is 17.6 Å². The molecule has 132 valence electrons. The molecule has 1 fully saturated rings. The fraction of sp³-hybridized carbons (Fsp3) is 0.579. The number of aliphatic imine (C=N–C) groups is 1. The predicted molar refractivity (Wildman–Crippen MR) is 100 cm³/mol. The van der Waals surface area contributed by atoms with Gasteiger partial charge in [-0.25, -0.2) is 0 Å². The highest BCUT2D eigenvalue weighted by atomic mass is 16.1. The molecule has 0 spiro atoms. The van der Waals surface area contributed by atoms with E-state index in [0.29, 0.717) is 5.41 Å². The molecule has 1 aromatic rings. The van der Waals surface area contributed by atoms with Gasteiger partial charge in [0.2, 0.25) is 5.91 Å². The number of carbonyl (C=O) groups is 1. The molecule has 1 aliphatic heterocycles. The highest BCUT2D eigenvalue weighted by Crippen LogP contribution is 2.46. The number of amides is 1. The number of nitrogens with one attached hydrogen (secondary N) is 2. The molecule has 0 radical (unpaired) electrons. The lowest BCUT2D eigenvalue weighted by molar-refractivity contribution is -0.114. The smallest absolute Gasteiger partial charge is 0.221 e. The molecule has 1 saturated heterocycles. The second kappa shape index (κ2) is 6.83. The molecule has 0 unspecified atom stereocenters. The Labute approximate surface area is 145 Å². The van der Waals surface area contributed by atoms with Crippen LogP contribution in [0.4, 0.5) is 5.69 Å². The van der Waals surface area contributed by atoms with E-state index in [4.69, 9.17) is 0 Å². The molecular formula is C19H30N4O. The van der Waals surface area contributed by atoms with Gasteiger partial charge in [0, 0.05) is 43.7 Å². The molecule has 2 rings (SSSR count). The van der Waals surface area contributed by atoms with E-state index in [2.05, 4.69) is 48.2 Å². The molecular weight excluding hydrogens is 300 g/mol. The summed E-state index contributed by atoms with van der Waals surface area (Å²) in [6.45, 7) is 12.5. The van der Waals surface area contributed by atoms with Crippen LogP contribution in [-0.4, -0.2) is 42.4 Å². The van der Waals surface area contributed by atoms with Crippen molar-refractivity contribution in [1.82, 2.24) is 10.2 Å². The lowest BCUT2D eigenvalue weighted by atomic mass is 9.65. The van der Waals surface area contributed by atoms with Gasteiger partial charge in [0.1, 0.15) is 0 Å². The van der Waals surface area contributed by atoms with Crippen LogP contribution >= 0.6 is 0 Å². The van der Waals surface area contributed by atoms with Gasteiger partial charge < -0.3 is 15.5 Å². The Morgan fingerprint density at radius 1 is 1.21 bits per heavy atom. The van der Waals surface area contributed by atoms with Crippen LogP contribution in [0.15, 0.2) is 29.3 Å². The second-order valence-electron chi connectivity index (χ2n) is 7.63. The maximum absolute atomic E-state index is 11.0. The van der Waals surface area contributed by atoms with Gasteiger partial charge in [0.05, 0.1) is 0 Å². The van der Waals surface area contributed by atoms with Crippen LogP contribution in [-0.2, 0) is 11.2 Å². The molecule has 0 bridgehead atoms. The molecule has 1 aliphatic rings. The number of benzene rings is 1. The molecule has 24 heavy (non-hydrogen) atoms. The van der Waals surface area contributed by atoms with Crippen molar-refractivity contribution in [3.8, 4) is 0 Å². The number of hydrogen-bond donors (Lipinski definition) is 2. The lowest BCUT2D eigenvalue weighted by Gasteiger charge is -2.62. The van der Waals surface area contributed by atoms with Crippen LogP contribution in [0.2, 0.25) is 0 Å². The van der Waals surface area contributed by atoms with E-state index >= 15 is 0 Å². The Kier molecular flexibility index (Phi) is 5.21.